The van der Waals surface area contributed by atoms with Gasteiger partial charge in [-0.25, -0.2) is 4.98 Å². The van der Waals surface area contributed by atoms with E-state index >= 15 is 0 Å². The molecule has 1 fully saturated rings. The molecule has 2 unspecified atom stereocenters. The number of amides is 2. The van der Waals surface area contributed by atoms with Crippen molar-refractivity contribution in [3.05, 3.63) is 138 Å². The number of nitriles is 1. The Morgan fingerprint density at radius 1 is 0.891 bits per heavy atom. The van der Waals surface area contributed by atoms with Gasteiger partial charge in [0, 0.05) is 36.4 Å². The quantitative estimate of drug-likeness (QED) is 0.191. The molecule has 3 heterocycles. The van der Waals surface area contributed by atoms with Crippen molar-refractivity contribution in [3.63, 3.8) is 0 Å². The molecule has 1 saturated heterocycles. The second-order valence-corrected chi connectivity index (χ2v) is 11.6. The molecule has 0 bridgehead atoms. The maximum atomic E-state index is 13.5. The van der Waals surface area contributed by atoms with E-state index in [9.17, 15) is 14.9 Å². The van der Waals surface area contributed by atoms with Gasteiger partial charge in [-0.05, 0) is 72.4 Å². The summed E-state index contributed by atoms with van der Waals surface area (Å²) in [5.74, 6) is 0.268. The van der Waals surface area contributed by atoms with Crippen LogP contribution in [0.25, 0.3) is 10.9 Å². The zero-order chi connectivity index (χ0) is 31.7. The topological polar surface area (TPSA) is 108 Å². The lowest BCUT2D eigenvalue weighted by Gasteiger charge is -2.35. The molecular weight excluding hydrogens is 574 g/mol. The van der Waals surface area contributed by atoms with E-state index in [1.807, 2.05) is 83.8 Å². The lowest BCUT2D eigenvalue weighted by Crippen LogP contribution is -2.41. The number of likely N-dealkylation sites (tertiary alicyclic amines) is 1. The Labute approximate surface area is 268 Å². The van der Waals surface area contributed by atoms with Crippen molar-refractivity contribution in [2.75, 3.05) is 13.1 Å². The Hall–Kier alpha value is -5.55. The first-order valence-electron chi connectivity index (χ1n) is 15.6. The molecule has 6 rings (SSSR count). The van der Waals surface area contributed by atoms with Gasteiger partial charge >= 0.3 is 0 Å². The summed E-state index contributed by atoms with van der Waals surface area (Å²) >= 11 is 0. The standard InChI is InChI=1S/C38H35N5O3/c39-24-34(31-10-6-20-40-25-31)27-18-21-43(22-19-27)37(44)23-36(28-7-2-1-3-8-28)42-38(45)30-13-16-33(17-14-30)46-26-32-15-12-29-9-4-5-11-35(29)41-32/h1-17,20,25,27,34,36H,18-19,21-23,26H2,(H,42,45). The summed E-state index contributed by atoms with van der Waals surface area (Å²) in [6.07, 6.45) is 5.09. The fraction of sp³-hybridized carbons (Fsp3) is 0.237. The van der Waals surface area contributed by atoms with Gasteiger partial charge in [0.15, 0.2) is 0 Å². The summed E-state index contributed by atoms with van der Waals surface area (Å²) in [7, 11) is 0. The van der Waals surface area contributed by atoms with Crippen LogP contribution in [-0.2, 0) is 11.4 Å². The van der Waals surface area contributed by atoms with Crippen LogP contribution in [0.3, 0.4) is 0 Å². The minimum Gasteiger partial charge on any atom is -0.487 e. The summed E-state index contributed by atoms with van der Waals surface area (Å²) in [4.78, 5) is 37.5. The average molecular weight is 610 g/mol. The number of hydrogen-bond donors (Lipinski definition) is 1. The number of hydrogen-bond acceptors (Lipinski definition) is 6. The molecule has 0 aliphatic carbocycles. The van der Waals surface area contributed by atoms with Crippen LogP contribution in [0, 0.1) is 17.2 Å². The Morgan fingerprint density at radius 2 is 1.63 bits per heavy atom. The molecule has 1 aliphatic rings. The van der Waals surface area contributed by atoms with Crippen molar-refractivity contribution in [3.8, 4) is 11.8 Å². The van der Waals surface area contributed by atoms with Gasteiger partial charge in [0.05, 0.1) is 35.7 Å². The first-order valence-corrected chi connectivity index (χ1v) is 15.6. The highest BCUT2D eigenvalue weighted by molar-refractivity contribution is 5.95. The molecule has 0 spiro atoms. The fourth-order valence-electron chi connectivity index (χ4n) is 6.03. The molecule has 0 saturated carbocycles. The molecule has 1 aliphatic heterocycles. The normalized spacial score (nSPS) is 14.6. The lowest BCUT2D eigenvalue weighted by atomic mass is 9.81. The van der Waals surface area contributed by atoms with Crippen LogP contribution in [0.1, 0.15) is 58.4 Å². The minimum absolute atomic E-state index is 0.0199. The molecular formula is C38H35N5O3. The summed E-state index contributed by atoms with van der Waals surface area (Å²) < 4.78 is 5.94. The molecule has 46 heavy (non-hydrogen) atoms. The van der Waals surface area contributed by atoms with E-state index < -0.39 is 6.04 Å². The number of nitrogens with one attached hydrogen (secondary N) is 1. The van der Waals surface area contributed by atoms with E-state index in [-0.39, 0.29) is 30.1 Å². The number of aromatic nitrogens is 2. The highest BCUT2D eigenvalue weighted by Gasteiger charge is 2.31. The van der Waals surface area contributed by atoms with E-state index in [1.54, 1.807) is 36.7 Å². The van der Waals surface area contributed by atoms with Crippen molar-refractivity contribution >= 4 is 22.7 Å². The molecule has 5 aromatic rings. The second-order valence-electron chi connectivity index (χ2n) is 11.6. The highest BCUT2D eigenvalue weighted by atomic mass is 16.5. The van der Waals surface area contributed by atoms with Crippen molar-refractivity contribution in [2.45, 2.75) is 37.8 Å². The number of piperidine rings is 1. The third-order valence-corrected chi connectivity index (χ3v) is 8.59. The molecule has 8 heteroatoms. The number of benzene rings is 3. The summed E-state index contributed by atoms with van der Waals surface area (Å²) in [6, 6.07) is 34.2. The summed E-state index contributed by atoms with van der Waals surface area (Å²) in [6.45, 7) is 1.47. The number of nitrogens with zero attached hydrogens (tertiary/aromatic N) is 4. The molecule has 1 N–H and O–H groups in total. The number of pyridine rings is 2. The second kappa shape index (κ2) is 14.5. The number of carbonyl (C=O) groups excluding carboxylic acids is 2. The molecule has 2 amide bonds. The predicted octanol–water partition coefficient (Wildman–Crippen LogP) is 6.62. The van der Waals surface area contributed by atoms with Crippen LogP contribution in [0.4, 0.5) is 0 Å². The van der Waals surface area contributed by atoms with Crippen molar-refractivity contribution in [1.29, 1.82) is 5.26 Å². The summed E-state index contributed by atoms with van der Waals surface area (Å²) in [5.41, 5.74) is 3.99. The van der Waals surface area contributed by atoms with Gasteiger partial charge in [0.1, 0.15) is 12.4 Å². The maximum absolute atomic E-state index is 13.5. The van der Waals surface area contributed by atoms with Gasteiger partial charge < -0.3 is 15.0 Å². The van der Waals surface area contributed by atoms with Crippen molar-refractivity contribution < 1.29 is 14.3 Å². The number of fused-ring (bicyclic) bond motifs is 1. The first kappa shape index (κ1) is 30.5. The van der Waals surface area contributed by atoms with E-state index in [2.05, 4.69) is 21.4 Å². The Bertz CT molecular complexity index is 1820. The van der Waals surface area contributed by atoms with E-state index in [1.165, 1.54) is 0 Å². The third kappa shape index (κ3) is 7.39. The van der Waals surface area contributed by atoms with Crippen molar-refractivity contribution in [1.82, 2.24) is 20.2 Å². The SMILES string of the molecule is N#CC(c1cccnc1)C1CCN(C(=O)CC(NC(=O)c2ccc(OCc3ccc4ccccc4n3)cc2)c2ccccc2)CC1. The number of carbonyl (C=O) groups is 2. The van der Waals surface area contributed by atoms with E-state index in [0.717, 1.165) is 40.6 Å². The smallest absolute Gasteiger partial charge is 0.251 e. The third-order valence-electron chi connectivity index (χ3n) is 8.59. The molecule has 0 radical (unpaired) electrons. The monoisotopic (exact) mass is 609 g/mol. The van der Waals surface area contributed by atoms with Crippen molar-refractivity contribution in [2.24, 2.45) is 5.92 Å². The van der Waals surface area contributed by atoms with Crippen LogP contribution in [0.2, 0.25) is 0 Å². The first-order chi connectivity index (χ1) is 22.6. The van der Waals surface area contributed by atoms with E-state index in [4.69, 9.17) is 4.74 Å². The minimum atomic E-state index is -0.490. The predicted molar refractivity (Wildman–Crippen MR) is 176 cm³/mol. The molecule has 2 atom stereocenters. The Balaban J connectivity index is 1.06. The van der Waals surface area contributed by atoms with Crippen LogP contribution in [0.5, 0.6) is 5.75 Å². The van der Waals surface area contributed by atoms with Crippen LogP contribution < -0.4 is 10.1 Å². The molecule has 2 aromatic heterocycles. The molecule has 8 nitrogen and oxygen atoms in total. The molecule has 3 aromatic carbocycles. The Kier molecular flexibility index (Phi) is 9.60. The van der Waals surface area contributed by atoms with Crippen LogP contribution in [-0.4, -0.2) is 39.8 Å². The zero-order valence-corrected chi connectivity index (χ0v) is 25.5. The number of ether oxygens (including phenoxy) is 1. The maximum Gasteiger partial charge on any atom is 0.251 e. The van der Waals surface area contributed by atoms with E-state index in [0.29, 0.717) is 31.0 Å². The largest absolute Gasteiger partial charge is 0.487 e. The zero-order valence-electron chi connectivity index (χ0n) is 25.5. The summed E-state index contributed by atoms with van der Waals surface area (Å²) in [5, 5.41) is 14.0. The van der Waals surface area contributed by atoms with Gasteiger partial charge in [-0.2, -0.15) is 5.26 Å². The van der Waals surface area contributed by atoms with Gasteiger partial charge in [-0.15, -0.1) is 0 Å². The van der Waals surface area contributed by atoms with Crippen LogP contribution in [0.15, 0.2) is 116 Å². The van der Waals surface area contributed by atoms with Gasteiger partial charge in [0.2, 0.25) is 5.91 Å². The van der Waals surface area contributed by atoms with Gasteiger partial charge in [-0.3, -0.25) is 14.6 Å². The Morgan fingerprint density at radius 3 is 2.37 bits per heavy atom. The fourth-order valence-corrected chi connectivity index (χ4v) is 6.03. The van der Waals surface area contributed by atoms with Crippen LogP contribution >= 0.6 is 0 Å². The average Bonchev–Trinajstić information content (AvgIpc) is 3.12. The highest BCUT2D eigenvalue weighted by Crippen LogP contribution is 2.32. The lowest BCUT2D eigenvalue weighted by molar-refractivity contribution is -0.133. The molecule has 230 valence electrons. The number of para-hydroxylation sites is 1. The van der Waals surface area contributed by atoms with Gasteiger partial charge in [-0.1, -0.05) is 60.7 Å². The number of rotatable bonds is 10. The van der Waals surface area contributed by atoms with Gasteiger partial charge in [0.25, 0.3) is 5.91 Å².